The highest BCUT2D eigenvalue weighted by Gasteiger charge is 2.32. The Balaban J connectivity index is 1.15. The highest BCUT2D eigenvalue weighted by Crippen LogP contribution is 2.32. The van der Waals surface area contributed by atoms with E-state index in [4.69, 9.17) is 4.74 Å². The molecular formula is C22H26N6O2S. The number of nitrogens with one attached hydrogen (secondary N) is 1. The monoisotopic (exact) mass is 438 g/mol. The molecule has 2 aliphatic rings. The van der Waals surface area contributed by atoms with E-state index in [-0.39, 0.29) is 6.03 Å². The lowest BCUT2D eigenvalue weighted by atomic mass is 9.98. The number of methoxy groups -OCH3 is 1. The Kier molecular flexibility index (Phi) is 5.69. The molecule has 8 nitrogen and oxygen atoms in total. The first-order valence-electron chi connectivity index (χ1n) is 10.7. The fourth-order valence-corrected chi connectivity index (χ4v) is 5.45. The van der Waals surface area contributed by atoms with Crippen molar-refractivity contribution in [3.63, 3.8) is 0 Å². The van der Waals surface area contributed by atoms with Crippen LogP contribution in [0.2, 0.25) is 0 Å². The number of rotatable bonds is 4. The highest BCUT2D eigenvalue weighted by atomic mass is 32.1. The van der Waals surface area contributed by atoms with Gasteiger partial charge in [-0.15, -0.1) is 0 Å². The van der Waals surface area contributed by atoms with Gasteiger partial charge in [0.05, 0.1) is 7.11 Å². The zero-order chi connectivity index (χ0) is 21.2. The fraction of sp³-hybridized carbons (Fsp3) is 0.455. The van der Waals surface area contributed by atoms with E-state index in [1.165, 1.54) is 29.6 Å². The summed E-state index contributed by atoms with van der Waals surface area (Å²) in [6.07, 6.45) is 4.67. The van der Waals surface area contributed by atoms with E-state index in [1.807, 2.05) is 4.90 Å². The van der Waals surface area contributed by atoms with Gasteiger partial charge in [0, 0.05) is 25.7 Å². The van der Waals surface area contributed by atoms with Crippen molar-refractivity contribution in [2.75, 3.05) is 38.6 Å². The molecule has 0 aliphatic carbocycles. The second kappa shape index (κ2) is 8.76. The van der Waals surface area contributed by atoms with Gasteiger partial charge in [0.25, 0.3) is 0 Å². The third kappa shape index (κ3) is 4.20. The fourth-order valence-electron chi connectivity index (χ4n) is 4.66. The van der Waals surface area contributed by atoms with Gasteiger partial charge in [0.1, 0.15) is 6.33 Å². The average molecular weight is 439 g/mol. The number of carbonyl (C=O) groups is 1. The van der Waals surface area contributed by atoms with E-state index in [2.05, 4.69) is 55.5 Å². The van der Waals surface area contributed by atoms with Crippen molar-refractivity contribution >= 4 is 32.8 Å². The molecule has 1 aromatic carbocycles. The topological polar surface area (TPSA) is 83.5 Å². The van der Waals surface area contributed by atoms with E-state index in [0.717, 1.165) is 39.0 Å². The number of carbonyl (C=O) groups excluding carboxylic acids is 1. The van der Waals surface area contributed by atoms with Crippen molar-refractivity contribution in [1.82, 2.24) is 24.8 Å². The molecule has 2 amide bonds. The first-order valence-corrected chi connectivity index (χ1v) is 11.5. The highest BCUT2D eigenvalue weighted by molar-refractivity contribution is 7.22. The maximum atomic E-state index is 12.8. The summed E-state index contributed by atoms with van der Waals surface area (Å²) < 4.78 is 5.22. The molecule has 0 spiro atoms. The maximum Gasteiger partial charge on any atom is 0.323 e. The molecule has 0 saturated carbocycles. The van der Waals surface area contributed by atoms with Crippen molar-refractivity contribution in [3.8, 4) is 5.88 Å². The number of nitrogens with zero attached hydrogens (tertiary/aromatic N) is 5. The lowest BCUT2D eigenvalue weighted by Gasteiger charge is -2.36. The zero-order valence-corrected chi connectivity index (χ0v) is 18.3. The smallest absolute Gasteiger partial charge is 0.323 e. The molecule has 31 heavy (non-hydrogen) atoms. The second-order valence-electron chi connectivity index (χ2n) is 8.10. The number of hydrogen-bond donors (Lipinski definition) is 1. The van der Waals surface area contributed by atoms with Gasteiger partial charge in [0.2, 0.25) is 5.88 Å². The number of thiazole rings is 1. The molecular weight excluding hydrogens is 412 g/mol. The minimum absolute atomic E-state index is 0.104. The van der Waals surface area contributed by atoms with Gasteiger partial charge < -0.3 is 9.64 Å². The van der Waals surface area contributed by atoms with Crippen molar-refractivity contribution in [2.45, 2.75) is 31.2 Å². The van der Waals surface area contributed by atoms with Gasteiger partial charge in [0.15, 0.2) is 15.5 Å². The Hall–Kier alpha value is -2.78. The van der Waals surface area contributed by atoms with Gasteiger partial charge in [-0.3, -0.25) is 10.2 Å². The largest absolute Gasteiger partial charge is 0.479 e. The van der Waals surface area contributed by atoms with E-state index in [0.29, 0.717) is 33.3 Å². The summed E-state index contributed by atoms with van der Waals surface area (Å²) in [6, 6.07) is 11.3. The minimum Gasteiger partial charge on any atom is -0.479 e. The number of aromatic nitrogens is 3. The third-order valence-electron chi connectivity index (χ3n) is 6.33. The van der Waals surface area contributed by atoms with Crippen LogP contribution in [0.1, 0.15) is 30.7 Å². The Morgan fingerprint density at radius 2 is 1.94 bits per heavy atom. The van der Waals surface area contributed by atoms with Crippen LogP contribution in [0.3, 0.4) is 0 Å². The van der Waals surface area contributed by atoms with Crippen LogP contribution in [0.15, 0.2) is 36.7 Å². The molecule has 3 aromatic rings. The first kappa shape index (κ1) is 20.1. The summed E-state index contributed by atoms with van der Waals surface area (Å²) in [4.78, 5) is 30.7. The van der Waals surface area contributed by atoms with Crippen molar-refractivity contribution < 1.29 is 9.53 Å². The number of benzene rings is 1. The van der Waals surface area contributed by atoms with Gasteiger partial charge >= 0.3 is 6.03 Å². The Labute approximate surface area is 185 Å². The number of piperidine rings is 1. The van der Waals surface area contributed by atoms with Crippen LogP contribution >= 0.6 is 11.3 Å². The number of urea groups is 1. The van der Waals surface area contributed by atoms with Crippen molar-refractivity contribution in [1.29, 1.82) is 0 Å². The van der Waals surface area contributed by atoms with E-state index < -0.39 is 0 Å². The third-order valence-corrected chi connectivity index (χ3v) is 7.21. The Morgan fingerprint density at radius 3 is 2.71 bits per heavy atom. The molecule has 4 heterocycles. The number of amides is 2. The second-order valence-corrected chi connectivity index (χ2v) is 9.07. The van der Waals surface area contributed by atoms with E-state index >= 15 is 0 Å². The van der Waals surface area contributed by atoms with Crippen LogP contribution in [-0.2, 0) is 0 Å². The van der Waals surface area contributed by atoms with E-state index in [9.17, 15) is 4.79 Å². The summed E-state index contributed by atoms with van der Waals surface area (Å²) in [5, 5.41) is 3.44. The molecule has 0 bridgehead atoms. The molecule has 9 heteroatoms. The number of likely N-dealkylation sites (tertiary alicyclic amines) is 2. The summed E-state index contributed by atoms with van der Waals surface area (Å²) in [5.41, 5.74) is 2.02. The molecule has 1 unspecified atom stereocenters. The van der Waals surface area contributed by atoms with Crippen LogP contribution in [0.4, 0.5) is 9.93 Å². The summed E-state index contributed by atoms with van der Waals surface area (Å²) in [6.45, 7) is 3.79. The SMILES string of the molecule is COc1ncnc2sc(NC(=O)N3CCC(N4CCC(c5ccccc5)C4)CC3)nc12. The van der Waals surface area contributed by atoms with Crippen LogP contribution in [0.25, 0.3) is 10.3 Å². The number of anilines is 1. The predicted octanol–water partition coefficient (Wildman–Crippen LogP) is 3.58. The lowest BCUT2D eigenvalue weighted by Crippen LogP contribution is -2.47. The lowest BCUT2D eigenvalue weighted by molar-refractivity contribution is 0.139. The van der Waals surface area contributed by atoms with Gasteiger partial charge in [-0.2, -0.15) is 4.98 Å². The standard InChI is InChI=1S/C22H26N6O2S/c1-30-19-18-20(24-14-23-19)31-21(25-18)26-22(29)27-11-8-17(9-12-27)28-10-7-16(13-28)15-5-3-2-4-6-15/h2-6,14,16-17H,7-13H2,1H3,(H,25,26,29). The van der Waals surface area contributed by atoms with Crippen LogP contribution in [0.5, 0.6) is 5.88 Å². The first-order chi connectivity index (χ1) is 15.2. The summed E-state index contributed by atoms with van der Waals surface area (Å²) in [7, 11) is 1.55. The molecule has 1 atom stereocenters. The molecule has 2 saturated heterocycles. The zero-order valence-electron chi connectivity index (χ0n) is 17.5. The molecule has 1 N–H and O–H groups in total. The van der Waals surface area contributed by atoms with Crippen molar-refractivity contribution in [2.24, 2.45) is 0 Å². The Bertz CT molecular complexity index is 1050. The van der Waals surface area contributed by atoms with Crippen LogP contribution in [0, 0.1) is 0 Å². The molecule has 162 valence electrons. The van der Waals surface area contributed by atoms with Crippen molar-refractivity contribution in [3.05, 3.63) is 42.2 Å². The predicted molar refractivity (Wildman–Crippen MR) is 121 cm³/mol. The molecule has 2 fully saturated rings. The molecule has 0 radical (unpaired) electrons. The molecule has 2 aliphatic heterocycles. The van der Waals surface area contributed by atoms with Gasteiger partial charge in [-0.25, -0.2) is 14.8 Å². The summed E-state index contributed by atoms with van der Waals surface area (Å²) in [5.74, 6) is 1.05. The van der Waals surface area contributed by atoms with E-state index in [1.54, 1.807) is 7.11 Å². The molecule has 5 rings (SSSR count). The quantitative estimate of drug-likeness (QED) is 0.670. The van der Waals surface area contributed by atoms with Crippen LogP contribution in [-0.4, -0.2) is 70.1 Å². The van der Waals surface area contributed by atoms with Gasteiger partial charge in [-0.05, 0) is 37.3 Å². The summed E-state index contributed by atoms with van der Waals surface area (Å²) >= 11 is 1.33. The number of ether oxygens (including phenoxy) is 1. The normalized spacial score (nSPS) is 20.3. The van der Waals surface area contributed by atoms with Crippen LogP contribution < -0.4 is 10.1 Å². The average Bonchev–Trinajstić information content (AvgIpc) is 3.47. The number of fused-ring (bicyclic) bond motifs is 1. The maximum absolute atomic E-state index is 12.8. The molecule has 2 aromatic heterocycles. The minimum atomic E-state index is -0.104. The Morgan fingerprint density at radius 1 is 1.13 bits per heavy atom. The number of hydrogen-bond acceptors (Lipinski definition) is 7. The van der Waals surface area contributed by atoms with Gasteiger partial charge in [-0.1, -0.05) is 41.7 Å².